The lowest BCUT2D eigenvalue weighted by atomic mass is 9.96. The number of methoxy groups -OCH3 is 1. The fraction of sp³-hybridized carbons (Fsp3) is 0.333. The third-order valence-corrected chi connectivity index (χ3v) is 5.17. The minimum atomic E-state index is -0.145. The number of hydrogen-bond donors (Lipinski definition) is 1. The molecule has 1 aliphatic rings. The van der Waals surface area contributed by atoms with Gasteiger partial charge in [-0.05, 0) is 37.1 Å². The molecule has 1 aromatic carbocycles. The quantitative estimate of drug-likeness (QED) is 0.846. The van der Waals surface area contributed by atoms with Gasteiger partial charge in [0, 0.05) is 18.5 Å². The zero-order chi connectivity index (χ0) is 17.1. The number of ether oxygens (including phenoxy) is 2. The van der Waals surface area contributed by atoms with E-state index >= 15 is 0 Å². The largest absolute Gasteiger partial charge is 0.497 e. The first-order chi connectivity index (χ1) is 11.6. The normalized spacial score (nSPS) is 16.0. The second-order valence-corrected chi connectivity index (χ2v) is 6.87. The van der Waals surface area contributed by atoms with Crippen molar-refractivity contribution in [3.05, 3.63) is 45.6 Å². The van der Waals surface area contributed by atoms with E-state index in [0.29, 0.717) is 22.9 Å². The zero-order valence-corrected chi connectivity index (χ0v) is 14.4. The second kappa shape index (κ2) is 7.05. The number of Topliss-reactive ketones (excluding diaryl/α,β-unsaturated/α-hetero) is 1. The van der Waals surface area contributed by atoms with E-state index in [4.69, 9.17) is 9.47 Å². The highest BCUT2D eigenvalue weighted by Gasteiger charge is 2.21. The van der Waals surface area contributed by atoms with E-state index in [1.807, 2.05) is 18.2 Å². The maximum absolute atomic E-state index is 12.2. The molecule has 0 bridgehead atoms. The molecule has 0 spiro atoms. The van der Waals surface area contributed by atoms with Gasteiger partial charge in [-0.25, -0.2) is 0 Å². The van der Waals surface area contributed by atoms with Crippen molar-refractivity contribution in [2.45, 2.75) is 13.3 Å². The summed E-state index contributed by atoms with van der Waals surface area (Å²) < 4.78 is 11.0. The maximum atomic E-state index is 12.2. The molecule has 24 heavy (non-hydrogen) atoms. The molecule has 0 radical (unpaired) electrons. The molecule has 0 aliphatic carbocycles. The van der Waals surface area contributed by atoms with Gasteiger partial charge < -0.3 is 14.8 Å². The van der Waals surface area contributed by atoms with Crippen LogP contribution in [0.25, 0.3) is 0 Å². The number of nitrogens with one attached hydrogen (secondary N) is 1. The molecule has 0 fully saturated rings. The number of fused-ring (bicyclic) bond motifs is 1. The Morgan fingerprint density at radius 3 is 2.79 bits per heavy atom. The molecule has 6 heteroatoms. The van der Waals surface area contributed by atoms with Crippen LogP contribution >= 0.6 is 11.3 Å². The molecule has 5 nitrogen and oxygen atoms in total. The molecule has 126 valence electrons. The van der Waals surface area contributed by atoms with Gasteiger partial charge in [0.15, 0.2) is 5.78 Å². The minimum Gasteiger partial charge on any atom is -0.497 e. The van der Waals surface area contributed by atoms with Crippen molar-refractivity contribution in [2.75, 3.05) is 20.3 Å². The first-order valence-electron chi connectivity index (χ1n) is 7.75. The van der Waals surface area contributed by atoms with Gasteiger partial charge in [0.2, 0.25) is 0 Å². The standard InChI is InChI=1S/C18H19NO4S/c1-11(20)16-5-6-17(24-16)18(21)19-9-12-7-13-3-4-14(22-2)8-15(13)23-10-12/h3-6,8,12H,7,9-10H2,1-2H3,(H,19,21)/t12-/m1/s1. The Balaban J connectivity index is 1.57. The summed E-state index contributed by atoms with van der Waals surface area (Å²) >= 11 is 1.22. The molecule has 2 aromatic rings. The highest BCUT2D eigenvalue weighted by molar-refractivity contribution is 7.15. The van der Waals surface area contributed by atoms with Crippen molar-refractivity contribution in [3.8, 4) is 11.5 Å². The Morgan fingerprint density at radius 2 is 2.08 bits per heavy atom. The number of ketones is 1. The van der Waals surface area contributed by atoms with Gasteiger partial charge in [0.25, 0.3) is 5.91 Å². The lowest BCUT2D eigenvalue weighted by molar-refractivity contribution is 0.0942. The van der Waals surface area contributed by atoms with E-state index in [2.05, 4.69) is 5.32 Å². The summed E-state index contributed by atoms with van der Waals surface area (Å²) in [5.41, 5.74) is 1.12. The van der Waals surface area contributed by atoms with Crippen molar-refractivity contribution >= 4 is 23.0 Å². The Bertz CT molecular complexity index is 768. The Morgan fingerprint density at radius 1 is 1.29 bits per heavy atom. The van der Waals surface area contributed by atoms with Gasteiger partial charge in [-0.15, -0.1) is 11.3 Å². The molecule has 2 heterocycles. The third-order valence-electron chi connectivity index (χ3n) is 3.99. The van der Waals surface area contributed by atoms with Gasteiger partial charge >= 0.3 is 0 Å². The molecular formula is C18H19NO4S. The first kappa shape index (κ1) is 16.5. The molecule has 1 N–H and O–H groups in total. The fourth-order valence-corrected chi connectivity index (χ4v) is 3.46. The second-order valence-electron chi connectivity index (χ2n) is 5.78. The summed E-state index contributed by atoms with van der Waals surface area (Å²) in [5, 5.41) is 2.93. The summed E-state index contributed by atoms with van der Waals surface area (Å²) in [6, 6.07) is 9.18. The predicted molar refractivity (Wildman–Crippen MR) is 92.3 cm³/mol. The number of benzene rings is 1. The van der Waals surface area contributed by atoms with Crippen molar-refractivity contribution < 1.29 is 19.1 Å². The Labute approximate surface area is 144 Å². The average Bonchev–Trinajstić information content (AvgIpc) is 3.09. The van der Waals surface area contributed by atoms with Gasteiger partial charge in [-0.2, -0.15) is 0 Å². The van der Waals surface area contributed by atoms with E-state index in [-0.39, 0.29) is 17.6 Å². The van der Waals surface area contributed by atoms with E-state index in [0.717, 1.165) is 23.5 Å². The van der Waals surface area contributed by atoms with E-state index in [9.17, 15) is 9.59 Å². The van der Waals surface area contributed by atoms with Crippen LogP contribution in [0.5, 0.6) is 11.5 Å². The smallest absolute Gasteiger partial charge is 0.261 e. The zero-order valence-electron chi connectivity index (χ0n) is 13.6. The fourth-order valence-electron chi connectivity index (χ4n) is 2.65. The molecule has 3 rings (SSSR count). The highest BCUT2D eigenvalue weighted by atomic mass is 32.1. The summed E-state index contributed by atoms with van der Waals surface area (Å²) in [7, 11) is 1.63. The molecule has 1 aromatic heterocycles. The number of hydrogen-bond acceptors (Lipinski definition) is 5. The highest BCUT2D eigenvalue weighted by Crippen LogP contribution is 2.30. The topological polar surface area (TPSA) is 64.6 Å². The average molecular weight is 345 g/mol. The molecule has 1 atom stereocenters. The van der Waals surface area contributed by atoms with Crippen LogP contribution in [0.15, 0.2) is 30.3 Å². The van der Waals surface area contributed by atoms with Crippen LogP contribution in [0, 0.1) is 5.92 Å². The summed E-state index contributed by atoms with van der Waals surface area (Å²) in [6.45, 7) is 2.60. The van der Waals surface area contributed by atoms with Crippen molar-refractivity contribution in [3.63, 3.8) is 0 Å². The lowest BCUT2D eigenvalue weighted by Crippen LogP contribution is -2.34. The van der Waals surface area contributed by atoms with Crippen molar-refractivity contribution in [1.29, 1.82) is 0 Å². The number of thiophene rings is 1. The van der Waals surface area contributed by atoms with Crippen molar-refractivity contribution in [1.82, 2.24) is 5.32 Å². The van der Waals surface area contributed by atoms with Gasteiger partial charge in [-0.1, -0.05) is 6.07 Å². The summed E-state index contributed by atoms with van der Waals surface area (Å²) in [5.74, 6) is 1.68. The Hall–Kier alpha value is -2.34. The van der Waals surface area contributed by atoms with Crippen LogP contribution in [0.1, 0.15) is 31.8 Å². The van der Waals surface area contributed by atoms with Crippen LogP contribution in [-0.2, 0) is 6.42 Å². The van der Waals surface area contributed by atoms with Gasteiger partial charge in [0.05, 0.1) is 23.5 Å². The molecule has 0 unspecified atom stereocenters. The first-order valence-corrected chi connectivity index (χ1v) is 8.57. The SMILES string of the molecule is COc1ccc2c(c1)OC[C@@H](CNC(=O)c1ccc(C(C)=O)s1)C2. The van der Waals surface area contributed by atoms with Crippen LogP contribution in [0.4, 0.5) is 0 Å². The Kier molecular flexibility index (Phi) is 4.85. The molecule has 1 aliphatic heterocycles. The van der Waals surface area contributed by atoms with Crippen LogP contribution in [0.3, 0.4) is 0 Å². The van der Waals surface area contributed by atoms with Gasteiger partial charge in [0.1, 0.15) is 11.5 Å². The number of rotatable bonds is 5. The van der Waals surface area contributed by atoms with E-state index < -0.39 is 0 Å². The third kappa shape index (κ3) is 3.59. The van der Waals surface area contributed by atoms with Crippen LogP contribution < -0.4 is 14.8 Å². The minimum absolute atomic E-state index is 0.0215. The van der Waals surface area contributed by atoms with Crippen LogP contribution in [0.2, 0.25) is 0 Å². The lowest BCUT2D eigenvalue weighted by Gasteiger charge is -2.25. The van der Waals surface area contributed by atoms with E-state index in [1.54, 1.807) is 19.2 Å². The molecule has 0 saturated heterocycles. The van der Waals surface area contributed by atoms with E-state index in [1.165, 1.54) is 18.3 Å². The maximum Gasteiger partial charge on any atom is 0.261 e. The number of carbonyl (C=O) groups is 2. The van der Waals surface area contributed by atoms with Crippen molar-refractivity contribution in [2.24, 2.45) is 5.92 Å². The van der Waals surface area contributed by atoms with Crippen LogP contribution in [-0.4, -0.2) is 32.0 Å². The summed E-state index contributed by atoms with van der Waals surface area (Å²) in [4.78, 5) is 24.6. The van der Waals surface area contributed by atoms with Gasteiger partial charge in [-0.3, -0.25) is 9.59 Å². The predicted octanol–water partition coefficient (Wildman–Crippen LogP) is 2.94. The number of amides is 1. The molecule has 0 saturated carbocycles. The molecule has 1 amide bonds. The molecular weight excluding hydrogens is 326 g/mol. The number of carbonyl (C=O) groups excluding carboxylic acids is 2. The monoisotopic (exact) mass is 345 g/mol. The summed E-state index contributed by atoms with van der Waals surface area (Å²) in [6.07, 6.45) is 0.850.